The van der Waals surface area contributed by atoms with Gasteiger partial charge < -0.3 is 20.1 Å². The molecule has 0 saturated carbocycles. The third kappa shape index (κ3) is 55.2. The molecule has 0 amide bonds. The van der Waals surface area contributed by atoms with Crippen molar-refractivity contribution in [1.29, 1.82) is 0 Å². The van der Waals surface area contributed by atoms with Crippen LogP contribution < -0.4 is 5.73 Å². The van der Waals surface area contributed by atoms with E-state index in [1.54, 1.807) is 0 Å². The largest absolute Gasteiger partial charge is 0.472 e. The van der Waals surface area contributed by atoms with Gasteiger partial charge in [-0.15, -0.1) is 0 Å². The number of carbonyl (C=O) groups is 2. The van der Waals surface area contributed by atoms with Crippen LogP contribution >= 0.6 is 7.82 Å². The molecule has 2 unspecified atom stereocenters. The van der Waals surface area contributed by atoms with E-state index >= 15 is 0 Å². The summed E-state index contributed by atoms with van der Waals surface area (Å²) in [5.74, 6) is -0.886. The molecule has 0 spiro atoms. The summed E-state index contributed by atoms with van der Waals surface area (Å²) < 4.78 is 32.9. The summed E-state index contributed by atoms with van der Waals surface area (Å²) in [6.45, 7) is 3.54. The number of hydrogen-bond donors (Lipinski definition) is 2. The Hall–Kier alpha value is -4.11. The third-order valence-corrected chi connectivity index (χ3v) is 11.9. The zero-order valence-corrected chi connectivity index (χ0v) is 46.0. The van der Waals surface area contributed by atoms with Crippen molar-refractivity contribution in [2.75, 3.05) is 26.4 Å². The van der Waals surface area contributed by atoms with Gasteiger partial charge in [0.1, 0.15) is 6.61 Å². The zero-order chi connectivity index (χ0) is 52.4. The molecule has 0 heterocycles. The van der Waals surface area contributed by atoms with Gasteiger partial charge in [-0.2, -0.15) is 0 Å². The highest BCUT2D eigenvalue weighted by Crippen LogP contribution is 2.43. The van der Waals surface area contributed by atoms with Crippen molar-refractivity contribution in [1.82, 2.24) is 0 Å². The quantitative estimate of drug-likeness (QED) is 0.0264. The molecule has 3 N–H and O–H groups in total. The Morgan fingerprint density at radius 2 is 0.764 bits per heavy atom. The van der Waals surface area contributed by atoms with E-state index in [1.165, 1.54) is 32.1 Å². The second-order valence-corrected chi connectivity index (χ2v) is 19.2. The Morgan fingerprint density at radius 3 is 1.14 bits per heavy atom. The summed E-state index contributed by atoms with van der Waals surface area (Å²) in [6.07, 6.45) is 80.4. The number of phosphoric ester groups is 1. The maximum Gasteiger partial charge on any atom is 0.472 e. The molecule has 0 aromatic heterocycles. The van der Waals surface area contributed by atoms with Gasteiger partial charge in [0, 0.05) is 19.4 Å². The van der Waals surface area contributed by atoms with Gasteiger partial charge in [0.2, 0.25) is 0 Å². The standard InChI is InChI=1S/C62H100NO8P/c1-3-5-7-9-11-13-15-17-19-21-22-23-24-25-26-27-28-29-30-31-32-33-34-35-36-37-38-39-41-43-45-47-49-51-53-55-62(65)71-60(59-70-72(66,67)69-57-56-63)58-68-61(64)54-52-50-48-46-44-42-40-20-18-16-14-12-10-8-6-4-2/h5,7,11,13-14,16-17,19-20,22-23,25-26,28-29,31-32,34-35,37-38,40-41,43,60H,3-4,6,8-10,12,15,18,21,24,27,30,33,36,39,42,44-59,63H2,1-2H3,(H,66,67)/b7-5-,13-11-,16-14-,19-17-,23-22-,26-25-,29-28-,32-31-,35-34-,38-37-,40-20-,43-41-. The van der Waals surface area contributed by atoms with Gasteiger partial charge in [0.05, 0.1) is 13.2 Å². The van der Waals surface area contributed by atoms with Crippen LogP contribution in [0.4, 0.5) is 0 Å². The van der Waals surface area contributed by atoms with Crippen molar-refractivity contribution < 1.29 is 37.6 Å². The Bertz CT molecular complexity index is 1680. The first-order chi connectivity index (χ1) is 35.3. The fraction of sp³-hybridized carbons (Fsp3) is 0.581. The van der Waals surface area contributed by atoms with Crippen LogP contribution in [0.15, 0.2) is 146 Å². The van der Waals surface area contributed by atoms with Crippen molar-refractivity contribution in [2.45, 2.75) is 206 Å². The molecule has 72 heavy (non-hydrogen) atoms. The lowest BCUT2D eigenvalue weighted by atomic mass is 10.1. The van der Waals surface area contributed by atoms with Gasteiger partial charge in [0.25, 0.3) is 0 Å². The van der Waals surface area contributed by atoms with E-state index in [0.717, 1.165) is 128 Å². The van der Waals surface area contributed by atoms with Crippen molar-refractivity contribution in [3.8, 4) is 0 Å². The average molecular weight is 1020 g/mol. The number of phosphoric acid groups is 1. The monoisotopic (exact) mass is 1020 g/mol. The SMILES string of the molecule is CC/C=C\C/C=C\C/C=C\C/C=C\C/C=C\C/C=C\C/C=C\C/C=C\C/C=C\C/C=C\CCCCCCC(=O)OC(COC(=O)CCCCCCC/C=C\C/C=C\CCCCCC)COP(=O)(O)OCCN. The molecule has 0 aromatic rings. The van der Waals surface area contributed by atoms with Crippen molar-refractivity contribution >= 4 is 19.8 Å². The molecule has 0 bridgehead atoms. The Kier molecular flexibility index (Phi) is 53.0. The first kappa shape index (κ1) is 67.9. The summed E-state index contributed by atoms with van der Waals surface area (Å²) >= 11 is 0. The zero-order valence-electron chi connectivity index (χ0n) is 45.1. The molecule has 0 fully saturated rings. The number of allylic oxidation sites excluding steroid dienone is 24. The lowest BCUT2D eigenvalue weighted by molar-refractivity contribution is -0.161. The molecular weight excluding hydrogens is 918 g/mol. The highest BCUT2D eigenvalue weighted by Gasteiger charge is 2.26. The lowest BCUT2D eigenvalue weighted by Crippen LogP contribution is -2.29. The van der Waals surface area contributed by atoms with Crippen molar-refractivity contribution in [3.05, 3.63) is 146 Å². The van der Waals surface area contributed by atoms with Gasteiger partial charge >= 0.3 is 19.8 Å². The van der Waals surface area contributed by atoms with E-state index in [-0.39, 0.29) is 32.6 Å². The predicted octanol–water partition coefficient (Wildman–Crippen LogP) is 17.6. The van der Waals surface area contributed by atoms with Crippen LogP contribution in [-0.2, 0) is 32.7 Å². The minimum Gasteiger partial charge on any atom is -0.462 e. The van der Waals surface area contributed by atoms with E-state index in [2.05, 4.69) is 160 Å². The van der Waals surface area contributed by atoms with Gasteiger partial charge in [-0.25, -0.2) is 4.57 Å². The topological polar surface area (TPSA) is 134 Å². The molecule has 0 rings (SSSR count). The molecule has 406 valence electrons. The maximum absolute atomic E-state index is 12.7. The van der Waals surface area contributed by atoms with E-state index < -0.39 is 32.5 Å². The van der Waals surface area contributed by atoms with Crippen LogP contribution in [0.25, 0.3) is 0 Å². The molecule has 0 aromatic carbocycles. The van der Waals surface area contributed by atoms with Crippen LogP contribution in [-0.4, -0.2) is 49.3 Å². The molecule has 9 nitrogen and oxygen atoms in total. The normalized spacial score (nSPS) is 14.2. The molecule has 0 aliphatic rings. The van der Waals surface area contributed by atoms with Gasteiger partial charge in [-0.3, -0.25) is 18.6 Å². The summed E-state index contributed by atoms with van der Waals surface area (Å²) in [7, 11) is -4.41. The summed E-state index contributed by atoms with van der Waals surface area (Å²) in [5.41, 5.74) is 5.37. The number of unbranched alkanes of at least 4 members (excludes halogenated alkanes) is 13. The number of nitrogens with two attached hydrogens (primary N) is 1. The van der Waals surface area contributed by atoms with E-state index in [1.807, 2.05) is 0 Å². The molecule has 0 aliphatic carbocycles. The van der Waals surface area contributed by atoms with Crippen molar-refractivity contribution in [3.63, 3.8) is 0 Å². The Morgan fingerprint density at radius 1 is 0.431 bits per heavy atom. The van der Waals surface area contributed by atoms with E-state index in [4.69, 9.17) is 24.3 Å². The first-order valence-corrected chi connectivity index (χ1v) is 29.3. The number of rotatable bonds is 50. The molecule has 0 aliphatic heterocycles. The second kappa shape index (κ2) is 56.2. The van der Waals surface area contributed by atoms with E-state index in [0.29, 0.717) is 12.8 Å². The Labute approximate surface area is 439 Å². The molecule has 0 saturated heterocycles. The molecule has 10 heteroatoms. The fourth-order valence-corrected chi connectivity index (χ4v) is 7.63. The molecular formula is C62H100NO8P. The number of carbonyl (C=O) groups excluding carboxylic acids is 2. The fourth-order valence-electron chi connectivity index (χ4n) is 6.87. The number of hydrogen-bond acceptors (Lipinski definition) is 8. The van der Waals surface area contributed by atoms with Crippen LogP contribution in [0.3, 0.4) is 0 Å². The number of ether oxygens (including phenoxy) is 2. The highest BCUT2D eigenvalue weighted by atomic mass is 31.2. The smallest absolute Gasteiger partial charge is 0.462 e. The first-order valence-electron chi connectivity index (χ1n) is 27.8. The van der Waals surface area contributed by atoms with Gasteiger partial charge in [-0.05, 0) is 122 Å². The van der Waals surface area contributed by atoms with Crippen LogP contribution in [0.1, 0.15) is 200 Å². The van der Waals surface area contributed by atoms with Gasteiger partial charge in [0.15, 0.2) is 6.10 Å². The Balaban J connectivity index is 4.12. The summed E-state index contributed by atoms with van der Waals surface area (Å²) in [6, 6.07) is 0. The maximum atomic E-state index is 12.7. The van der Waals surface area contributed by atoms with Crippen LogP contribution in [0.5, 0.6) is 0 Å². The molecule has 2 atom stereocenters. The highest BCUT2D eigenvalue weighted by molar-refractivity contribution is 7.47. The summed E-state index contributed by atoms with van der Waals surface area (Å²) in [5, 5.41) is 0. The van der Waals surface area contributed by atoms with Gasteiger partial charge in [-0.1, -0.05) is 211 Å². The van der Waals surface area contributed by atoms with Crippen LogP contribution in [0, 0.1) is 0 Å². The summed E-state index contributed by atoms with van der Waals surface area (Å²) in [4.78, 5) is 35.1. The number of esters is 2. The second-order valence-electron chi connectivity index (χ2n) is 17.7. The minimum absolute atomic E-state index is 0.0387. The molecule has 0 radical (unpaired) electrons. The minimum atomic E-state index is -4.41. The third-order valence-electron chi connectivity index (χ3n) is 11.0. The van der Waals surface area contributed by atoms with Crippen molar-refractivity contribution in [2.24, 2.45) is 5.73 Å². The van der Waals surface area contributed by atoms with E-state index in [9.17, 15) is 19.0 Å². The average Bonchev–Trinajstić information content (AvgIpc) is 3.37. The van der Waals surface area contributed by atoms with Crippen LogP contribution in [0.2, 0.25) is 0 Å². The lowest BCUT2D eigenvalue weighted by Gasteiger charge is -2.19. The predicted molar refractivity (Wildman–Crippen MR) is 307 cm³/mol.